The summed E-state index contributed by atoms with van der Waals surface area (Å²) in [5.74, 6) is 0.370. The first-order valence-electron chi connectivity index (χ1n) is 6.19. The molecule has 1 aromatic heterocycles. The van der Waals surface area contributed by atoms with E-state index in [1.807, 2.05) is 4.57 Å². The molecule has 4 nitrogen and oxygen atoms in total. The Balaban J connectivity index is 2.21. The van der Waals surface area contributed by atoms with E-state index in [1.165, 1.54) is 12.1 Å². The fraction of sp³-hybridized carbons (Fsp3) is 0.462. The highest BCUT2D eigenvalue weighted by atomic mass is 19.1. The summed E-state index contributed by atoms with van der Waals surface area (Å²) in [6.07, 6.45) is 1.44. The predicted molar refractivity (Wildman–Crippen MR) is 66.6 cm³/mol. The number of nitrogens with two attached hydrogens (primary N) is 1. The zero-order chi connectivity index (χ0) is 12.9. The molecule has 0 spiro atoms. The van der Waals surface area contributed by atoms with Crippen molar-refractivity contribution in [1.29, 1.82) is 0 Å². The molecular formula is C13H16FN3O. The molecular weight excluding hydrogens is 233 g/mol. The quantitative estimate of drug-likeness (QED) is 0.873. The largest absolute Gasteiger partial charge is 0.391 e. The third-order valence-electron chi connectivity index (χ3n) is 3.41. The topological polar surface area (TPSA) is 64.1 Å². The van der Waals surface area contributed by atoms with Crippen LogP contribution in [0.2, 0.25) is 0 Å². The number of halogens is 1. The minimum Gasteiger partial charge on any atom is -0.391 e. The Morgan fingerprint density at radius 1 is 1.50 bits per heavy atom. The maximum atomic E-state index is 13.3. The predicted octanol–water partition coefficient (Wildman–Crippen LogP) is 1.89. The van der Waals surface area contributed by atoms with Crippen molar-refractivity contribution in [2.45, 2.75) is 38.0 Å². The lowest BCUT2D eigenvalue weighted by Crippen LogP contribution is -2.26. The van der Waals surface area contributed by atoms with Crippen LogP contribution in [0.5, 0.6) is 0 Å². The van der Waals surface area contributed by atoms with E-state index in [9.17, 15) is 9.50 Å². The molecule has 3 N–H and O–H groups in total. The van der Waals surface area contributed by atoms with Crippen molar-refractivity contribution < 1.29 is 9.50 Å². The van der Waals surface area contributed by atoms with Crippen molar-refractivity contribution in [3.05, 3.63) is 29.8 Å². The van der Waals surface area contributed by atoms with Crippen LogP contribution in [-0.4, -0.2) is 20.8 Å². The van der Waals surface area contributed by atoms with Gasteiger partial charge in [-0.05, 0) is 38.0 Å². The first-order chi connectivity index (χ1) is 8.58. The summed E-state index contributed by atoms with van der Waals surface area (Å²) in [5, 5.41) is 9.63. The number of imidazole rings is 1. The van der Waals surface area contributed by atoms with Gasteiger partial charge in [-0.25, -0.2) is 9.37 Å². The first-order valence-corrected chi connectivity index (χ1v) is 6.19. The second-order valence-corrected chi connectivity index (χ2v) is 4.97. The van der Waals surface area contributed by atoms with Gasteiger partial charge >= 0.3 is 0 Å². The van der Waals surface area contributed by atoms with Gasteiger partial charge in [-0.1, -0.05) is 0 Å². The van der Waals surface area contributed by atoms with Crippen LogP contribution in [-0.2, 0) is 0 Å². The van der Waals surface area contributed by atoms with Crippen LogP contribution in [0, 0.1) is 5.82 Å². The van der Waals surface area contributed by atoms with Gasteiger partial charge in [0.05, 0.1) is 23.2 Å². The van der Waals surface area contributed by atoms with Gasteiger partial charge in [0, 0.05) is 6.04 Å². The van der Waals surface area contributed by atoms with Gasteiger partial charge in [0.15, 0.2) is 0 Å². The zero-order valence-electron chi connectivity index (χ0n) is 10.2. The molecule has 5 heteroatoms. The standard InChI is InChI=1S/C13H16FN3O/c1-7(18)12(15)13-16-10-5-2-8(14)6-11(10)17(13)9-3-4-9/h2,5-7,9,12,18H,3-4,15H2,1H3. The van der Waals surface area contributed by atoms with Crippen LogP contribution in [0.1, 0.15) is 37.7 Å². The molecule has 1 aliphatic rings. The molecule has 0 amide bonds. The molecule has 2 unspecified atom stereocenters. The van der Waals surface area contributed by atoms with Crippen molar-refractivity contribution in [1.82, 2.24) is 9.55 Å². The number of benzene rings is 1. The molecule has 18 heavy (non-hydrogen) atoms. The Bertz CT molecular complexity index is 589. The Hall–Kier alpha value is -1.46. The van der Waals surface area contributed by atoms with Crippen molar-refractivity contribution in [3.63, 3.8) is 0 Å². The number of rotatable bonds is 3. The summed E-state index contributed by atoms with van der Waals surface area (Å²) in [7, 11) is 0. The normalized spacial score (nSPS) is 19.1. The molecule has 0 radical (unpaired) electrons. The van der Waals surface area contributed by atoms with E-state index in [4.69, 9.17) is 5.73 Å². The average Bonchev–Trinajstić information content (AvgIpc) is 3.09. The lowest BCUT2D eigenvalue weighted by Gasteiger charge is -2.16. The van der Waals surface area contributed by atoms with Gasteiger partial charge in [-0.3, -0.25) is 0 Å². The number of nitrogens with zero attached hydrogens (tertiary/aromatic N) is 2. The molecule has 0 saturated heterocycles. The third-order valence-corrected chi connectivity index (χ3v) is 3.41. The van der Waals surface area contributed by atoms with Crippen molar-refractivity contribution >= 4 is 11.0 Å². The van der Waals surface area contributed by atoms with Crippen molar-refractivity contribution in [3.8, 4) is 0 Å². The van der Waals surface area contributed by atoms with E-state index in [0.717, 1.165) is 23.9 Å². The molecule has 1 fully saturated rings. The van der Waals surface area contributed by atoms with Crippen molar-refractivity contribution in [2.24, 2.45) is 5.73 Å². The Morgan fingerprint density at radius 2 is 2.22 bits per heavy atom. The molecule has 1 aliphatic carbocycles. The van der Waals surface area contributed by atoms with Crippen LogP contribution in [0.25, 0.3) is 11.0 Å². The number of fused-ring (bicyclic) bond motifs is 1. The molecule has 96 valence electrons. The number of hydrogen-bond acceptors (Lipinski definition) is 3. The molecule has 1 heterocycles. The lowest BCUT2D eigenvalue weighted by molar-refractivity contribution is 0.159. The highest BCUT2D eigenvalue weighted by Crippen LogP contribution is 2.40. The monoisotopic (exact) mass is 249 g/mol. The van der Waals surface area contributed by atoms with Crippen LogP contribution >= 0.6 is 0 Å². The summed E-state index contributed by atoms with van der Waals surface area (Å²) in [6.45, 7) is 1.64. The van der Waals surface area contributed by atoms with Crippen molar-refractivity contribution in [2.75, 3.05) is 0 Å². The van der Waals surface area contributed by atoms with E-state index in [0.29, 0.717) is 11.9 Å². The van der Waals surface area contributed by atoms with E-state index in [2.05, 4.69) is 4.98 Å². The van der Waals surface area contributed by atoms with Gasteiger partial charge in [0.25, 0.3) is 0 Å². The van der Waals surface area contributed by atoms with E-state index in [-0.39, 0.29) is 5.82 Å². The molecule has 3 rings (SSSR count). The van der Waals surface area contributed by atoms with Gasteiger partial charge in [-0.15, -0.1) is 0 Å². The number of aromatic nitrogens is 2. The Morgan fingerprint density at radius 3 is 2.83 bits per heavy atom. The number of aliphatic hydroxyl groups is 1. The number of aliphatic hydroxyl groups excluding tert-OH is 1. The second kappa shape index (κ2) is 4.03. The molecule has 2 atom stereocenters. The van der Waals surface area contributed by atoms with E-state index < -0.39 is 12.1 Å². The minimum absolute atomic E-state index is 0.276. The summed E-state index contributed by atoms with van der Waals surface area (Å²) in [6, 6.07) is 4.34. The van der Waals surface area contributed by atoms with E-state index >= 15 is 0 Å². The summed E-state index contributed by atoms with van der Waals surface area (Å²) in [4.78, 5) is 4.45. The highest BCUT2D eigenvalue weighted by molar-refractivity contribution is 5.76. The smallest absolute Gasteiger partial charge is 0.129 e. The average molecular weight is 249 g/mol. The SMILES string of the molecule is CC(O)C(N)c1nc2ccc(F)cc2n1C1CC1. The van der Waals surface area contributed by atoms with Gasteiger partial charge in [-0.2, -0.15) is 0 Å². The fourth-order valence-electron chi connectivity index (χ4n) is 2.25. The van der Waals surface area contributed by atoms with Gasteiger partial charge in [0.1, 0.15) is 11.6 Å². The fourth-order valence-corrected chi connectivity index (χ4v) is 2.25. The molecule has 0 bridgehead atoms. The maximum absolute atomic E-state index is 13.3. The zero-order valence-corrected chi connectivity index (χ0v) is 10.2. The lowest BCUT2D eigenvalue weighted by atomic mass is 10.2. The van der Waals surface area contributed by atoms with E-state index in [1.54, 1.807) is 13.0 Å². The maximum Gasteiger partial charge on any atom is 0.129 e. The Labute approximate surface area is 104 Å². The molecule has 2 aromatic rings. The second-order valence-electron chi connectivity index (χ2n) is 4.97. The van der Waals surface area contributed by atoms with Crippen LogP contribution in [0.3, 0.4) is 0 Å². The van der Waals surface area contributed by atoms with Crippen LogP contribution < -0.4 is 5.73 Å². The summed E-state index contributed by atoms with van der Waals surface area (Å²) >= 11 is 0. The van der Waals surface area contributed by atoms with Crippen LogP contribution in [0.4, 0.5) is 4.39 Å². The Kier molecular flexibility index (Phi) is 2.60. The molecule has 1 aromatic carbocycles. The van der Waals surface area contributed by atoms with Gasteiger partial charge < -0.3 is 15.4 Å². The first kappa shape index (κ1) is 11.6. The third kappa shape index (κ3) is 1.79. The summed E-state index contributed by atoms with van der Waals surface area (Å²) in [5.41, 5.74) is 7.48. The number of hydrogen-bond donors (Lipinski definition) is 2. The molecule has 0 aliphatic heterocycles. The van der Waals surface area contributed by atoms with Crippen LogP contribution in [0.15, 0.2) is 18.2 Å². The van der Waals surface area contributed by atoms with Gasteiger partial charge in [0.2, 0.25) is 0 Å². The summed E-state index contributed by atoms with van der Waals surface area (Å²) < 4.78 is 15.3. The minimum atomic E-state index is -0.677. The highest BCUT2D eigenvalue weighted by Gasteiger charge is 2.31. The molecule has 1 saturated carbocycles.